The molecule has 1 aromatic heterocycles. The summed E-state index contributed by atoms with van der Waals surface area (Å²) in [7, 11) is 0. The van der Waals surface area contributed by atoms with Crippen LogP contribution >= 0.6 is 0 Å². The molecule has 3 heterocycles. The second-order valence-electron chi connectivity index (χ2n) is 5.79. The summed E-state index contributed by atoms with van der Waals surface area (Å²) in [6.45, 7) is 10.2. The number of nitrogens with zero attached hydrogens (tertiary/aromatic N) is 3. The fourth-order valence-corrected chi connectivity index (χ4v) is 3.65. The van der Waals surface area contributed by atoms with Gasteiger partial charge >= 0.3 is 0 Å². The van der Waals surface area contributed by atoms with E-state index in [1.807, 2.05) is 19.9 Å². The van der Waals surface area contributed by atoms with E-state index in [4.69, 9.17) is 4.74 Å². The summed E-state index contributed by atoms with van der Waals surface area (Å²) in [5.41, 5.74) is 0.975. The van der Waals surface area contributed by atoms with E-state index in [0.29, 0.717) is 18.5 Å². The van der Waals surface area contributed by atoms with Gasteiger partial charge in [-0.15, -0.1) is 0 Å². The Morgan fingerprint density at radius 3 is 2.95 bits per heavy atom. The van der Waals surface area contributed by atoms with Gasteiger partial charge in [-0.1, -0.05) is 6.92 Å². The van der Waals surface area contributed by atoms with Crippen LogP contribution in [-0.4, -0.2) is 42.3 Å². The number of nitrogens with one attached hydrogen (secondary N) is 1. The minimum atomic E-state index is 0.547. The zero-order valence-electron chi connectivity index (χ0n) is 12.6. The van der Waals surface area contributed by atoms with Gasteiger partial charge in [-0.2, -0.15) is 4.98 Å². The lowest BCUT2D eigenvalue weighted by atomic mass is 9.93. The zero-order chi connectivity index (χ0) is 14.1. The molecule has 2 saturated heterocycles. The van der Waals surface area contributed by atoms with Gasteiger partial charge in [0.2, 0.25) is 11.8 Å². The number of aryl methyl sites for hydroxylation is 1. The Bertz CT molecular complexity index is 479. The van der Waals surface area contributed by atoms with E-state index in [2.05, 4.69) is 27.1 Å². The summed E-state index contributed by atoms with van der Waals surface area (Å²) in [6.07, 6.45) is 1.14. The van der Waals surface area contributed by atoms with Gasteiger partial charge < -0.3 is 15.0 Å². The maximum Gasteiger partial charge on any atom is 0.229 e. The molecule has 5 heteroatoms. The van der Waals surface area contributed by atoms with Crippen molar-refractivity contribution in [2.24, 2.45) is 11.8 Å². The maximum absolute atomic E-state index is 5.56. The van der Waals surface area contributed by atoms with E-state index in [0.717, 1.165) is 49.5 Å². The summed E-state index contributed by atoms with van der Waals surface area (Å²) in [5, 5.41) is 3.51. The minimum Gasteiger partial charge on any atom is -0.478 e. The third-order valence-electron chi connectivity index (χ3n) is 4.50. The highest BCUT2D eigenvalue weighted by molar-refractivity contribution is 5.39. The smallest absolute Gasteiger partial charge is 0.229 e. The second-order valence-corrected chi connectivity index (χ2v) is 5.79. The monoisotopic (exact) mass is 276 g/mol. The molecule has 5 nitrogen and oxygen atoms in total. The number of rotatable bonds is 4. The van der Waals surface area contributed by atoms with Gasteiger partial charge in [0.1, 0.15) is 0 Å². The van der Waals surface area contributed by atoms with Gasteiger partial charge in [-0.05, 0) is 32.1 Å². The van der Waals surface area contributed by atoms with Crippen LogP contribution in [0.3, 0.4) is 0 Å². The maximum atomic E-state index is 5.56. The average molecular weight is 276 g/mol. The molecular formula is C15H24N4O. The van der Waals surface area contributed by atoms with Crippen LogP contribution in [0.1, 0.15) is 26.0 Å². The second kappa shape index (κ2) is 5.56. The largest absolute Gasteiger partial charge is 0.478 e. The highest BCUT2D eigenvalue weighted by Gasteiger charge is 2.44. The number of ether oxygens (including phenoxy) is 1. The Balaban J connectivity index is 1.88. The molecule has 110 valence electrons. The van der Waals surface area contributed by atoms with Crippen LogP contribution in [0.25, 0.3) is 0 Å². The molecule has 0 aromatic carbocycles. The Hall–Kier alpha value is -1.36. The van der Waals surface area contributed by atoms with Crippen molar-refractivity contribution in [2.45, 2.75) is 33.2 Å². The van der Waals surface area contributed by atoms with Gasteiger partial charge in [0.15, 0.2) is 0 Å². The molecule has 0 bridgehead atoms. The summed E-state index contributed by atoms with van der Waals surface area (Å²) < 4.78 is 5.56. The van der Waals surface area contributed by atoms with Crippen molar-refractivity contribution < 1.29 is 4.74 Å². The SMILES string of the molecule is CCOc1cc(C)nc(N2CC3CNCC3C2CC)n1. The molecule has 2 aliphatic rings. The predicted octanol–water partition coefficient (Wildman–Crippen LogP) is 1.62. The van der Waals surface area contributed by atoms with Gasteiger partial charge in [-0.25, -0.2) is 4.98 Å². The normalized spacial score (nSPS) is 28.8. The highest BCUT2D eigenvalue weighted by Crippen LogP contribution is 2.36. The molecule has 1 N–H and O–H groups in total. The number of anilines is 1. The zero-order valence-corrected chi connectivity index (χ0v) is 12.6. The Morgan fingerprint density at radius 2 is 2.20 bits per heavy atom. The van der Waals surface area contributed by atoms with Crippen molar-refractivity contribution in [1.82, 2.24) is 15.3 Å². The molecule has 3 unspecified atom stereocenters. The van der Waals surface area contributed by atoms with Gasteiger partial charge in [0.25, 0.3) is 0 Å². The summed E-state index contributed by atoms with van der Waals surface area (Å²) in [5.74, 6) is 3.01. The van der Waals surface area contributed by atoms with Crippen LogP contribution in [0, 0.1) is 18.8 Å². The fourth-order valence-electron chi connectivity index (χ4n) is 3.65. The lowest BCUT2D eigenvalue weighted by Gasteiger charge is -2.27. The molecule has 3 rings (SSSR count). The fraction of sp³-hybridized carbons (Fsp3) is 0.733. The Morgan fingerprint density at radius 1 is 1.35 bits per heavy atom. The van der Waals surface area contributed by atoms with Crippen LogP contribution in [-0.2, 0) is 0 Å². The first kappa shape index (κ1) is 13.6. The molecule has 1 aromatic rings. The van der Waals surface area contributed by atoms with Crippen molar-refractivity contribution in [3.63, 3.8) is 0 Å². The van der Waals surface area contributed by atoms with Crippen molar-refractivity contribution in [2.75, 3.05) is 31.1 Å². The van der Waals surface area contributed by atoms with E-state index in [-0.39, 0.29) is 0 Å². The first-order valence-electron chi connectivity index (χ1n) is 7.68. The van der Waals surface area contributed by atoms with Crippen LogP contribution < -0.4 is 15.0 Å². The summed E-state index contributed by atoms with van der Waals surface area (Å²) in [4.78, 5) is 11.6. The number of fused-ring (bicyclic) bond motifs is 1. The minimum absolute atomic E-state index is 0.547. The van der Waals surface area contributed by atoms with Gasteiger partial charge in [0.05, 0.1) is 6.61 Å². The lowest BCUT2D eigenvalue weighted by molar-refractivity contribution is 0.325. The van der Waals surface area contributed by atoms with Crippen molar-refractivity contribution in [1.29, 1.82) is 0 Å². The van der Waals surface area contributed by atoms with Gasteiger partial charge in [-0.3, -0.25) is 0 Å². The van der Waals surface area contributed by atoms with Crippen molar-refractivity contribution >= 4 is 5.95 Å². The summed E-state index contributed by atoms with van der Waals surface area (Å²) >= 11 is 0. The van der Waals surface area contributed by atoms with Crippen molar-refractivity contribution in [3.05, 3.63) is 11.8 Å². The standard InChI is InChI=1S/C15H24N4O/c1-4-13-12-8-16-7-11(12)9-19(13)15-17-10(3)6-14(18-15)20-5-2/h6,11-13,16H,4-5,7-9H2,1-3H3. The van der Waals surface area contributed by atoms with E-state index in [1.54, 1.807) is 0 Å². The predicted molar refractivity (Wildman–Crippen MR) is 79.2 cm³/mol. The molecule has 0 amide bonds. The highest BCUT2D eigenvalue weighted by atomic mass is 16.5. The number of hydrogen-bond acceptors (Lipinski definition) is 5. The van der Waals surface area contributed by atoms with Gasteiger partial charge in [0, 0.05) is 37.4 Å². The molecule has 2 aliphatic heterocycles. The summed E-state index contributed by atoms with van der Waals surface area (Å²) in [6, 6.07) is 2.46. The van der Waals surface area contributed by atoms with Crippen LogP contribution in [0.2, 0.25) is 0 Å². The topological polar surface area (TPSA) is 50.3 Å². The molecule has 20 heavy (non-hydrogen) atoms. The molecule has 0 spiro atoms. The third-order valence-corrected chi connectivity index (χ3v) is 4.50. The Labute approximate surface area is 120 Å². The molecule has 0 aliphatic carbocycles. The molecule has 3 atom stereocenters. The van der Waals surface area contributed by atoms with Crippen molar-refractivity contribution in [3.8, 4) is 5.88 Å². The number of aromatic nitrogens is 2. The average Bonchev–Trinajstić information content (AvgIpc) is 2.97. The lowest BCUT2D eigenvalue weighted by Crippen LogP contribution is -2.36. The molecule has 2 fully saturated rings. The van der Waals surface area contributed by atoms with E-state index < -0.39 is 0 Å². The third kappa shape index (κ3) is 2.35. The molecule has 0 radical (unpaired) electrons. The van der Waals surface area contributed by atoms with Crippen LogP contribution in [0.5, 0.6) is 5.88 Å². The van der Waals surface area contributed by atoms with Crippen LogP contribution in [0.15, 0.2) is 6.07 Å². The number of hydrogen-bond donors (Lipinski definition) is 1. The first-order valence-corrected chi connectivity index (χ1v) is 7.68. The Kier molecular flexibility index (Phi) is 3.78. The molecular weight excluding hydrogens is 252 g/mol. The van der Waals surface area contributed by atoms with E-state index in [9.17, 15) is 0 Å². The van der Waals surface area contributed by atoms with Crippen LogP contribution in [0.4, 0.5) is 5.95 Å². The first-order chi connectivity index (χ1) is 9.72. The molecule has 0 saturated carbocycles. The quantitative estimate of drug-likeness (QED) is 0.905. The van der Waals surface area contributed by atoms with E-state index in [1.165, 1.54) is 0 Å². The van der Waals surface area contributed by atoms with E-state index >= 15 is 0 Å².